The molecule has 0 aliphatic carbocycles. The number of nitrogens with zero attached hydrogens (tertiary/aromatic N) is 4. The van der Waals surface area contributed by atoms with Crippen LogP contribution in [0.3, 0.4) is 0 Å². The van der Waals surface area contributed by atoms with E-state index in [0.717, 1.165) is 27.9 Å². The Bertz CT molecular complexity index is 1380. The molecule has 5 aromatic rings. The van der Waals surface area contributed by atoms with Crippen molar-refractivity contribution in [3.63, 3.8) is 0 Å². The molecule has 0 fully saturated rings. The largest absolute Gasteiger partial charge is 0.451 e. The number of pyridine rings is 1. The molecule has 154 valence electrons. The predicted molar refractivity (Wildman–Crippen MR) is 119 cm³/mol. The van der Waals surface area contributed by atoms with E-state index >= 15 is 0 Å². The van der Waals surface area contributed by atoms with Crippen LogP contribution in [-0.4, -0.2) is 25.3 Å². The molecule has 4 heterocycles. The molecule has 1 aromatic carbocycles. The second-order valence-corrected chi connectivity index (χ2v) is 8.05. The zero-order valence-corrected chi connectivity index (χ0v) is 17.6. The SMILES string of the molecule is Cc1ccn2cc(CNC(=O)c3oc4ccccc4c3CSc3ncccn3)nc2c1. The number of furan rings is 1. The van der Waals surface area contributed by atoms with Crippen molar-refractivity contribution in [2.75, 3.05) is 0 Å². The molecule has 0 saturated heterocycles. The van der Waals surface area contributed by atoms with Crippen molar-refractivity contribution < 1.29 is 9.21 Å². The first-order chi connectivity index (χ1) is 15.2. The minimum Gasteiger partial charge on any atom is -0.451 e. The quantitative estimate of drug-likeness (QED) is 0.318. The lowest BCUT2D eigenvalue weighted by molar-refractivity contribution is 0.0924. The average Bonchev–Trinajstić information content (AvgIpc) is 3.37. The number of nitrogens with one attached hydrogen (secondary N) is 1. The number of para-hydroxylation sites is 1. The first kappa shape index (κ1) is 19.3. The van der Waals surface area contributed by atoms with Crippen LogP contribution in [0, 0.1) is 6.92 Å². The fourth-order valence-corrected chi connectivity index (χ4v) is 4.23. The summed E-state index contributed by atoms with van der Waals surface area (Å²) in [6, 6.07) is 13.5. The van der Waals surface area contributed by atoms with Gasteiger partial charge in [-0.1, -0.05) is 30.0 Å². The zero-order valence-electron chi connectivity index (χ0n) is 16.8. The summed E-state index contributed by atoms with van der Waals surface area (Å²) in [6.45, 7) is 2.34. The molecule has 0 bridgehead atoms. The van der Waals surface area contributed by atoms with Gasteiger partial charge in [-0.05, 0) is 36.8 Å². The van der Waals surface area contributed by atoms with E-state index in [0.29, 0.717) is 28.8 Å². The van der Waals surface area contributed by atoms with E-state index < -0.39 is 0 Å². The summed E-state index contributed by atoms with van der Waals surface area (Å²) in [7, 11) is 0. The van der Waals surface area contributed by atoms with Crippen LogP contribution in [0.2, 0.25) is 0 Å². The molecule has 0 spiro atoms. The third-order valence-electron chi connectivity index (χ3n) is 4.89. The Hall–Kier alpha value is -3.65. The van der Waals surface area contributed by atoms with Crippen LogP contribution in [0.1, 0.15) is 27.4 Å². The van der Waals surface area contributed by atoms with Gasteiger partial charge in [-0.3, -0.25) is 4.79 Å². The lowest BCUT2D eigenvalue weighted by Crippen LogP contribution is -2.23. The van der Waals surface area contributed by atoms with Crippen molar-refractivity contribution >= 4 is 34.3 Å². The number of aromatic nitrogens is 4. The molecule has 0 unspecified atom stereocenters. The summed E-state index contributed by atoms with van der Waals surface area (Å²) < 4.78 is 7.86. The van der Waals surface area contributed by atoms with E-state index in [-0.39, 0.29) is 5.91 Å². The summed E-state index contributed by atoms with van der Waals surface area (Å²) in [5, 5.41) is 4.51. The minimum atomic E-state index is -0.269. The Kier molecular flexibility index (Phi) is 5.13. The lowest BCUT2D eigenvalue weighted by atomic mass is 10.1. The van der Waals surface area contributed by atoms with Crippen molar-refractivity contribution in [1.29, 1.82) is 0 Å². The van der Waals surface area contributed by atoms with Crippen molar-refractivity contribution in [2.45, 2.75) is 24.4 Å². The average molecular weight is 430 g/mol. The van der Waals surface area contributed by atoms with Gasteiger partial charge in [0.1, 0.15) is 11.2 Å². The highest BCUT2D eigenvalue weighted by atomic mass is 32.2. The van der Waals surface area contributed by atoms with Gasteiger partial charge >= 0.3 is 0 Å². The molecule has 8 heteroatoms. The van der Waals surface area contributed by atoms with Gasteiger partial charge in [0.25, 0.3) is 5.91 Å². The number of hydrogen-bond acceptors (Lipinski definition) is 6. The van der Waals surface area contributed by atoms with Gasteiger partial charge in [-0.15, -0.1) is 0 Å². The van der Waals surface area contributed by atoms with Gasteiger partial charge in [0.2, 0.25) is 0 Å². The van der Waals surface area contributed by atoms with Crippen LogP contribution in [-0.2, 0) is 12.3 Å². The van der Waals surface area contributed by atoms with Gasteiger partial charge in [0.15, 0.2) is 10.9 Å². The molecular weight excluding hydrogens is 410 g/mol. The number of hydrogen-bond donors (Lipinski definition) is 1. The molecule has 1 N–H and O–H groups in total. The maximum atomic E-state index is 13.0. The van der Waals surface area contributed by atoms with Crippen molar-refractivity contribution in [2.24, 2.45) is 0 Å². The maximum absolute atomic E-state index is 13.0. The summed E-state index contributed by atoms with van der Waals surface area (Å²) in [5.74, 6) is 0.565. The summed E-state index contributed by atoms with van der Waals surface area (Å²) in [5.41, 5.74) is 4.29. The molecule has 0 saturated carbocycles. The van der Waals surface area contributed by atoms with E-state index in [2.05, 4.69) is 20.3 Å². The summed E-state index contributed by atoms with van der Waals surface area (Å²) >= 11 is 1.47. The molecule has 5 rings (SSSR count). The number of thioether (sulfide) groups is 1. The third kappa shape index (κ3) is 4.02. The summed E-state index contributed by atoms with van der Waals surface area (Å²) in [4.78, 5) is 26.1. The highest BCUT2D eigenvalue weighted by molar-refractivity contribution is 7.98. The van der Waals surface area contributed by atoms with Crippen LogP contribution >= 0.6 is 11.8 Å². The van der Waals surface area contributed by atoms with E-state index in [1.165, 1.54) is 11.8 Å². The Balaban J connectivity index is 1.38. The maximum Gasteiger partial charge on any atom is 0.287 e. The van der Waals surface area contributed by atoms with E-state index in [1.807, 2.05) is 60.1 Å². The molecular formula is C23H19N5O2S. The second-order valence-electron chi connectivity index (χ2n) is 7.11. The number of benzene rings is 1. The smallest absolute Gasteiger partial charge is 0.287 e. The van der Waals surface area contributed by atoms with Crippen LogP contribution in [0.4, 0.5) is 0 Å². The van der Waals surface area contributed by atoms with Crippen LogP contribution in [0.15, 0.2) is 76.8 Å². The number of carbonyl (C=O) groups excluding carboxylic acids is 1. The lowest BCUT2D eigenvalue weighted by Gasteiger charge is -2.04. The predicted octanol–water partition coefficient (Wildman–Crippen LogP) is 4.40. The number of amides is 1. The first-order valence-corrected chi connectivity index (χ1v) is 10.8. The summed E-state index contributed by atoms with van der Waals surface area (Å²) in [6.07, 6.45) is 7.28. The number of aryl methyl sites for hydroxylation is 1. The van der Waals surface area contributed by atoms with Gasteiger partial charge in [-0.2, -0.15) is 0 Å². The standard InChI is InChI=1S/C23H19N5O2S/c1-15-7-10-28-13-16(27-20(28)11-15)12-26-22(29)21-18(14-31-23-24-8-4-9-25-23)17-5-2-3-6-19(17)30-21/h2-11,13H,12,14H2,1H3,(H,26,29). The van der Waals surface area contributed by atoms with E-state index in [1.54, 1.807) is 18.5 Å². The fraction of sp³-hybridized carbons (Fsp3) is 0.130. The first-order valence-electron chi connectivity index (χ1n) is 9.80. The van der Waals surface area contributed by atoms with Gasteiger partial charge in [0.05, 0.1) is 12.2 Å². The van der Waals surface area contributed by atoms with E-state index in [4.69, 9.17) is 4.42 Å². The van der Waals surface area contributed by atoms with Crippen molar-refractivity contribution in [1.82, 2.24) is 24.7 Å². The van der Waals surface area contributed by atoms with Crippen molar-refractivity contribution in [3.05, 3.63) is 89.8 Å². The molecule has 0 aliphatic heterocycles. The minimum absolute atomic E-state index is 0.269. The normalized spacial score (nSPS) is 11.3. The Morgan fingerprint density at radius 3 is 2.87 bits per heavy atom. The van der Waals surface area contributed by atoms with Gasteiger partial charge in [0, 0.05) is 41.5 Å². The number of rotatable bonds is 6. The van der Waals surface area contributed by atoms with Crippen molar-refractivity contribution in [3.8, 4) is 0 Å². The molecule has 0 aliphatic rings. The van der Waals surface area contributed by atoms with Crippen LogP contribution < -0.4 is 5.32 Å². The topological polar surface area (TPSA) is 85.3 Å². The van der Waals surface area contributed by atoms with Crippen LogP contribution in [0.25, 0.3) is 16.6 Å². The highest BCUT2D eigenvalue weighted by Gasteiger charge is 2.21. The fourth-order valence-electron chi connectivity index (χ4n) is 3.39. The number of imidazole rings is 1. The molecule has 31 heavy (non-hydrogen) atoms. The molecule has 7 nitrogen and oxygen atoms in total. The Morgan fingerprint density at radius 1 is 1.16 bits per heavy atom. The van der Waals surface area contributed by atoms with Gasteiger partial charge in [-0.25, -0.2) is 15.0 Å². The van der Waals surface area contributed by atoms with Crippen LogP contribution in [0.5, 0.6) is 0 Å². The third-order valence-corrected chi connectivity index (χ3v) is 5.79. The Labute approximate surface area is 182 Å². The molecule has 0 radical (unpaired) electrons. The van der Waals surface area contributed by atoms with Gasteiger partial charge < -0.3 is 14.1 Å². The zero-order chi connectivity index (χ0) is 21.2. The number of fused-ring (bicyclic) bond motifs is 2. The molecule has 1 amide bonds. The van der Waals surface area contributed by atoms with E-state index in [9.17, 15) is 4.79 Å². The number of carbonyl (C=O) groups is 1. The molecule has 0 atom stereocenters. The molecule has 4 aromatic heterocycles. The second kappa shape index (κ2) is 8.23. The highest BCUT2D eigenvalue weighted by Crippen LogP contribution is 2.31. The Morgan fingerprint density at radius 2 is 2.00 bits per heavy atom. The monoisotopic (exact) mass is 429 g/mol.